The highest BCUT2D eigenvalue weighted by atomic mass is 35.5. The van der Waals surface area contributed by atoms with E-state index >= 15 is 0 Å². The van der Waals surface area contributed by atoms with E-state index in [1.807, 2.05) is 0 Å². The third-order valence-electron chi connectivity index (χ3n) is 1.90. The van der Waals surface area contributed by atoms with Gasteiger partial charge in [0.1, 0.15) is 11.5 Å². The summed E-state index contributed by atoms with van der Waals surface area (Å²) in [5, 5.41) is 21.6. The lowest BCUT2D eigenvalue weighted by Crippen LogP contribution is -2.36. The third-order valence-corrected chi connectivity index (χ3v) is 1.90. The van der Waals surface area contributed by atoms with Crippen LogP contribution in [0.25, 0.3) is 0 Å². The number of aromatic hydroxyl groups is 1. The van der Waals surface area contributed by atoms with Gasteiger partial charge in [0.05, 0.1) is 0 Å². The van der Waals surface area contributed by atoms with Crippen LogP contribution in [0.5, 0.6) is 5.75 Å². The molecular formula is C9H14ClNO2. The molecule has 0 aliphatic heterocycles. The maximum atomic E-state index is 9.70. The predicted octanol–water partition coefficient (Wildman–Crippen LogP) is 1.20. The van der Waals surface area contributed by atoms with Crippen LogP contribution in [0.4, 0.5) is 0 Å². The smallest absolute Gasteiger partial charge is 0.139 e. The van der Waals surface area contributed by atoms with Gasteiger partial charge in [-0.1, -0.05) is 12.1 Å². The van der Waals surface area contributed by atoms with E-state index in [1.54, 1.807) is 32.2 Å². The quantitative estimate of drug-likeness (QED) is 0.634. The maximum Gasteiger partial charge on any atom is 0.139 e. The number of halogens is 1. The minimum Gasteiger partial charge on any atom is -0.508 e. The van der Waals surface area contributed by atoms with Crippen LogP contribution in [0.2, 0.25) is 0 Å². The van der Waals surface area contributed by atoms with Crippen molar-refractivity contribution in [2.75, 3.05) is 7.05 Å². The number of nitrogens with one attached hydrogen (secondary N) is 1. The minimum atomic E-state index is -1.08. The largest absolute Gasteiger partial charge is 0.508 e. The van der Waals surface area contributed by atoms with Crippen molar-refractivity contribution in [1.29, 1.82) is 0 Å². The SMILES string of the molecule is CNC(C)(O)c1cccc(O)c1.Cl. The Labute approximate surface area is 83.8 Å². The molecular weight excluding hydrogens is 190 g/mol. The Morgan fingerprint density at radius 3 is 2.46 bits per heavy atom. The van der Waals surface area contributed by atoms with E-state index in [9.17, 15) is 5.11 Å². The normalized spacial score (nSPS) is 14.4. The van der Waals surface area contributed by atoms with Gasteiger partial charge in [-0.3, -0.25) is 5.32 Å². The lowest BCUT2D eigenvalue weighted by atomic mass is 10.1. The molecule has 0 spiro atoms. The first-order valence-corrected chi connectivity index (χ1v) is 3.77. The standard InChI is InChI=1S/C9H13NO2.ClH/c1-9(12,10-2)7-4-3-5-8(11)6-7;/h3-6,10-12H,1-2H3;1H. The van der Waals surface area contributed by atoms with Crippen LogP contribution < -0.4 is 5.32 Å². The monoisotopic (exact) mass is 203 g/mol. The van der Waals surface area contributed by atoms with Crippen LogP contribution in [-0.4, -0.2) is 17.3 Å². The van der Waals surface area contributed by atoms with E-state index in [4.69, 9.17) is 5.11 Å². The molecule has 0 saturated heterocycles. The van der Waals surface area contributed by atoms with Gasteiger partial charge in [0.25, 0.3) is 0 Å². The summed E-state index contributed by atoms with van der Waals surface area (Å²) in [4.78, 5) is 0. The van der Waals surface area contributed by atoms with Gasteiger partial charge in [-0.2, -0.15) is 0 Å². The fourth-order valence-electron chi connectivity index (χ4n) is 0.953. The second-order valence-electron chi connectivity index (χ2n) is 2.87. The minimum absolute atomic E-state index is 0. The summed E-state index contributed by atoms with van der Waals surface area (Å²) in [6.07, 6.45) is 0. The van der Waals surface area contributed by atoms with Crippen LogP contribution in [0.15, 0.2) is 24.3 Å². The molecule has 0 bridgehead atoms. The van der Waals surface area contributed by atoms with Crippen molar-refractivity contribution in [1.82, 2.24) is 5.32 Å². The molecule has 0 amide bonds. The van der Waals surface area contributed by atoms with Gasteiger partial charge >= 0.3 is 0 Å². The second-order valence-corrected chi connectivity index (χ2v) is 2.87. The summed E-state index contributed by atoms with van der Waals surface area (Å²) in [6, 6.07) is 6.53. The Bertz CT molecular complexity index is 276. The summed E-state index contributed by atoms with van der Waals surface area (Å²) < 4.78 is 0. The molecule has 1 atom stereocenters. The average Bonchev–Trinajstić information content (AvgIpc) is 2.05. The predicted molar refractivity (Wildman–Crippen MR) is 54.0 cm³/mol. The topological polar surface area (TPSA) is 52.5 Å². The molecule has 0 radical (unpaired) electrons. The fourth-order valence-corrected chi connectivity index (χ4v) is 0.953. The molecule has 1 rings (SSSR count). The zero-order valence-electron chi connectivity index (χ0n) is 7.61. The first-order chi connectivity index (χ1) is 5.56. The van der Waals surface area contributed by atoms with Gasteiger partial charge < -0.3 is 10.2 Å². The molecule has 1 unspecified atom stereocenters. The summed E-state index contributed by atoms with van der Waals surface area (Å²) in [5.74, 6) is 0.156. The first-order valence-electron chi connectivity index (χ1n) is 3.77. The van der Waals surface area contributed by atoms with Gasteiger partial charge in [-0.15, -0.1) is 12.4 Å². The van der Waals surface area contributed by atoms with E-state index < -0.39 is 5.72 Å². The summed E-state index contributed by atoms with van der Waals surface area (Å²) in [7, 11) is 1.66. The van der Waals surface area contributed by atoms with Crippen molar-refractivity contribution in [3.05, 3.63) is 29.8 Å². The van der Waals surface area contributed by atoms with E-state index in [1.165, 1.54) is 6.07 Å². The Morgan fingerprint density at radius 2 is 2.00 bits per heavy atom. The zero-order chi connectivity index (χ0) is 9.19. The van der Waals surface area contributed by atoms with Crippen LogP contribution in [0.1, 0.15) is 12.5 Å². The summed E-state index contributed by atoms with van der Waals surface area (Å²) in [5.41, 5.74) is -0.441. The molecule has 3 nitrogen and oxygen atoms in total. The molecule has 0 saturated carbocycles. The second kappa shape index (κ2) is 4.46. The zero-order valence-corrected chi connectivity index (χ0v) is 8.43. The van der Waals surface area contributed by atoms with E-state index in [0.29, 0.717) is 5.56 Å². The van der Waals surface area contributed by atoms with E-state index in [0.717, 1.165) is 0 Å². The molecule has 74 valence electrons. The molecule has 3 N–H and O–H groups in total. The fraction of sp³-hybridized carbons (Fsp3) is 0.333. The molecule has 1 aromatic rings. The van der Waals surface area contributed by atoms with Gasteiger partial charge in [-0.25, -0.2) is 0 Å². The van der Waals surface area contributed by atoms with Crippen molar-refractivity contribution in [2.24, 2.45) is 0 Å². The Hall–Kier alpha value is -0.770. The number of rotatable bonds is 2. The highest BCUT2D eigenvalue weighted by Crippen LogP contribution is 2.20. The molecule has 0 aliphatic carbocycles. The van der Waals surface area contributed by atoms with Gasteiger partial charge in [0.2, 0.25) is 0 Å². The summed E-state index contributed by atoms with van der Waals surface area (Å²) in [6.45, 7) is 1.63. The van der Waals surface area contributed by atoms with Crippen molar-refractivity contribution in [3.8, 4) is 5.75 Å². The number of aliphatic hydroxyl groups is 1. The molecule has 13 heavy (non-hydrogen) atoms. The lowest BCUT2D eigenvalue weighted by Gasteiger charge is -2.22. The molecule has 1 aromatic carbocycles. The molecule has 0 fully saturated rings. The number of hydrogen-bond donors (Lipinski definition) is 3. The van der Waals surface area contributed by atoms with Gasteiger partial charge in [-0.05, 0) is 26.1 Å². The number of hydrogen-bond acceptors (Lipinski definition) is 3. The Morgan fingerprint density at radius 1 is 1.38 bits per heavy atom. The van der Waals surface area contributed by atoms with Crippen molar-refractivity contribution >= 4 is 12.4 Å². The Balaban J connectivity index is 0.00000144. The van der Waals surface area contributed by atoms with Gasteiger partial charge in [0, 0.05) is 5.56 Å². The van der Waals surface area contributed by atoms with Gasteiger partial charge in [0.15, 0.2) is 0 Å². The first kappa shape index (κ1) is 12.2. The van der Waals surface area contributed by atoms with E-state index in [2.05, 4.69) is 5.32 Å². The van der Waals surface area contributed by atoms with Crippen LogP contribution in [-0.2, 0) is 5.72 Å². The number of phenolic OH excluding ortho intramolecular Hbond substituents is 1. The molecule has 0 aromatic heterocycles. The van der Waals surface area contributed by atoms with Crippen molar-refractivity contribution < 1.29 is 10.2 Å². The van der Waals surface area contributed by atoms with Crippen molar-refractivity contribution in [3.63, 3.8) is 0 Å². The number of phenols is 1. The van der Waals surface area contributed by atoms with E-state index in [-0.39, 0.29) is 18.2 Å². The number of benzene rings is 1. The van der Waals surface area contributed by atoms with Crippen LogP contribution >= 0.6 is 12.4 Å². The van der Waals surface area contributed by atoms with Crippen LogP contribution in [0, 0.1) is 0 Å². The average molecular weight is 204 g/mol. The Kier molecular flexibility index (Phi) is 4.20. The molecule has 4 heteroatoms. The highest BCUT2D eigenvalue weighted by Gasteiger charge is 2.19. The molecule has 0 aliphatic rings. The third kappa shape index (κ3) is 2.88. The maximum absolute atomic E-state index is 9.70. The summed E-state index contributed by atoms with van der Waals surface area (Å²) >= 11 is 0. The highest BCUT2D eigenvalue weighted by molar-refractivity contribution is 5.85. The van der Waals surface area contributed by atoms with Crippen molar-refractivity contribution in [2.45, 2.75) is 12.6 Å². The molecule has 0 heterocycles. The lowest BCUT2D eigenvalue weighted by molar-refractivity contribution is 0.0280. The van der Waals surface area contributed by atoms with Crippen LogP contribution in [0.3, 0.4) is 0 Å².